The van der Waals surface area contributed by atoms with Crippen LogP contribution < -0.4 is 5.32 Å². The number of likely N-dealkylation sites (tertiary alicyclic amines) is 1. The van der Waals surface area contributed by atoms with Crippen molar-refractivity contribution in [1.29, 1.82) is 0 Å². The lowest BCUT2D eigenvalue weighted by molar-refractivity contribution is -0.131. The lowest BCUT2D eigenvalue weighted by Gasteiger charge is -2.25. The largest absolute Gasteiger partial charge is 0.351 e. The second-order valence-corrected chi connectivity index (χ2v) is 7.02. The van der Waals surface area contributed by atoms with Gasteiger partial charge in [0.2, 0.25) is 11.8 Å². The summed E-state index contributed by atoms with van der Waals surface area (Å²) < 4.78 is 0. The van der Waals surface area contributed by atoms with Gasteiger partial charge in [0, 0.05) is 24.5 Å². The van der Waals surface area contributed by atoms with Crippen molar-refractivity contribution >= 4 is 23.2 Å². The molecule has 126 valence electrons. The highest BCUT2D eigenvalue weighted by Gasteiger charge is 2.30. The number of carbonyl (C=O) groups is 2. The van der Waals surface area contributed by atoms with Crippen molar-refractivity contribution in [3.8, 4) is 0 Å². The molecule has 2 aromatic heterocycles. The maximum absolute atomic E-state index is 12.7. The number of nitrogens with one attached hydrogen (secondary N) is 1. The van der Waals surface area contributed by atoms with Crippen molar-refractivity contribution < 1.29 is 9.59 Å². The fourth-order valence-electron chi connectivity index (χ4n) is 3.09. The van der Waals surface area contributed by atoms with Crippen molar-refractivity contribution in [2.24, 2.45) is 0 Å². The van der Waals surface area contributed by atoms with E-state index in [-0.39, 0.29) is 17.9 Å². The molecule has 2 aromatic rings. The van der Waals surface area contributed by atoms with Gasteiger partial charge in [-0.1, -0.05) is 6.07 Å². The second kappa shape index (κ2) is 7.57. The minimum Gasteiger partial charge on any atom is -0.351 e. The molecule has 0 spiro atoms. The van der Waals surface area contributed by atoms with Crippen molar-refractivity contribution in [3.05, 3.63) is 52.0 Å². The molecular formula is C18H21N3O2S. The first-order chi connectivity index (χ1) is 11.6. The molecule has 1 aliphatic heterocycles. The molecule has 1 fully saturated rings. The van der Waals surface area contributed by atoms with Crippen molar-refractivity contribution in [3.63, 3.8) is 0 Å². The molecule has 0 unspecified atom stereocenters. The molecule has 1 N–H and O–H groups in total. The Labute approximate surface area is 145 Å². The summed E-state index contributed by atoms with van der Waals surface area (Å²) in [6.45, 7) is 2.71. The summed E-state index contributed by atoms with van der Waals surface area (Å²) in [5, 5.41) is 4.76. The Balaban J connectivity index is 1.71. The van der Waals surface area contributed by atoms with Gasteiger partial charge in [0.15, 0.2) is 0 Å². The molecule has 0 aromatic carbocycles. The summed E-state index contributed by atoms with van der Waals surface area (Å²) in [6.07, 6.45) is 4.22. The topological polar surface area (TPSA) is 62.3 Å². The fraction of sp³-hybridized carbons (Fsp3) is 0.389. The first kappa shape index (κ1) is 16.6. The van der Waals surface area contributed by atoms with Gasteiger partial charge in [0.1, 0.15) is 0 Å². The first-order valence-corrected chi connectivity index (χ1v) is 9.02. The van der Waals surface area contributed by atoms with E-state index in [1.807, 2.05) is 34.5 Å². The molecule has 1 saturated heterocycles. The van der Waals surface area contributed by atoms with Crippen LogP contribution in [0.5, 0.6) is 0 Å². The number of pyridine rings is 1. The Bertz CT molecular complexity index is 715. The van der Waals surface area contributed by atoms with Crippen LogP contribution in [0.25, 0.3) is 0 Å². The van der Waals surface area contributed by atoms with E-state index in [0.717, 1.165) is 35.5 Å². The Morgan fingerprint density at radius 3 is 3.04 bits per heavy atom. The fourth-order valence-corrected chi connectivity index (χ4v) is 3.79. The molecule has 3 heterocycles. The highest BCUT2D eigenvalue weighted by Crippen LogP contribution is 2.32. The third kappa shape index (κ3) is 4.00. The maximum Gasteiger partial charge on any atom is 0.228 e. The number of hydrogen-bond acceptors (Lipinski definition) is 4. The highest BCUT2D eigenvalue weighted by atomic mass is 32.1. The first-order valence-electron chi connectivity index (χ1n) is 8.14. The monoisotopic (exact) mass is 343 g/mol. The number of hydrogen-bond donors (Lipinski definition) is 1. The average molecular weight is 343 g/mol. The molecule has 1 atom stereocenters. The molecule has 2 amide bonds. The lowest BCUT2D eigenvalue weighted by Crippen LogP contribution is -2.31. The van der Waals surface area contributed by atoms with Crippen LogP contribution in [0, 0.1) is 0 Å². The van der Waals surface area contributed by atoms with Crippen LogP contribution >= 0.6 is 11.3 Å². The Morgan fingerprint density at radius 1 is 1.42 bits per heavy atom. The van der Waals surface area contributed by atoms with Crippen LogP contribution in [0.15, 0.2) is 35.8 Å². The van der Waals surface area contributed by atoms with E-state index in [2.05, 4.69) is 10.3 Å². The zero-order valence-corrected chi connectivity index (χ0v) is 14.5. The normalized spacial score (nSPS) is 17.0. The Hall–Kier alpha value is -2.21. The van der Waals surface area contributed by atoms with Gasteiger partial charge in [0.25, 0.3) is 0 Å². The van der Waals surface area contributed by atoms with Crippen LogP contribution in [0.4, 0.5) is 0 Å². The van der Waals surface area contributed by atoms with E-state index < -0.39 is 0 Å². The number of aromatic nitrogens is 1. The van der Waals surface area contributed by atoms with E-state index in [4.69, 9.17) is 0 Å². The van der Waals surface area contributed by atoms with Crippen molar-refractivity contribution in [2.75, 3.05) is 6.54 Å². The third-order valence-corrected chi connectivity index (χ3v) is 5.10. The maximum atomic E-state index is 12.7. The number of nitrogens with zero attached hydrogens (tertiary/aromatic N) is 2. The van der Waals surface area contributed by atoms with Gasteiger partial charge in [-0.2, -0.15) is 0 Å². The molecule has 24 heavy (non-hydrogen) atoms. The molecule has 3 rings (SSSR count). The van der Waals surface area contributed by atoms with E-state index in [9.17, 15) is 9.59 Å². The number of amides is 2. The second-order valence-electron chi connectivity index (χ2n) is 5.99. The summed E-state index contributed by atoms with van der Waals surface area (Å²) in [5.41, 5.74) is 1.92. The molecule has 5 nitrogen and oxygen atoms in total. The van der Waals surface area contributed by atoms with Crippen molar-refractivity contribution in [1.82, 2.24) is 15.2 Å². The summed E-state index contributed by atoms with van der Waals surface area (Å²) >= 11 is 1.62. The standard InChI is InChI=1S/C18H21N3O2S/c1-13(22)20-12-15-10-14(6-7-19-15)17-5-2-8-21(17)18(23)11-16-4-3-9-24-16/h3-4,6-7,9-10,17H,2,5,8,11-12H2,1H3,(H,20,22)/t17-/m1/s1. The van der Waals surface area contributed by atoms with Gasteiger partial charge in [0.05, 0.1) is 24.7 Å². The molecule has 1 aliphatic rings. The zero-order chi connectivity index (χ0) is 16.9. The number of rotatable bonds is 5. The van der Waals surface area contributed by atoms with Gasteiger partial charge in [-0.05, 0) is 42.0 Å². The van der Waals surface area contributed by atoms with E-state index >= 15 is 0 Å². The van der Waals surface area contributed by atoms with Crippen LogP contribution in [0.1, 0.15) is 41.9 Å². The zero-order valence-electron chi connectivity index (χ0n) is 13.7. The average Bonchev–Trinajstić information content (AvgIpc) is 3.24. The predicted octanol–water partition coefficient (Wildman–Crippen LogP) is 2.69. The predicted molar refractivity (Wildman–Crippen MR) is 93.5 cm³/mol. The molecule has 6 heteroatoms. The Morgan fingerprint density at radius 2 is 2.29 bits per heavy atom. The van der Waals surface area contributed by atoms with Gasteiger partial charge < -0.3 is 10.2 Å². The lowest BCUT2D eigenvalue weighted by atomic mass is 10.0. The Kier molecular flexibility index (Phi) is 5.25. The van der Waals surface area contributed by atoms with E-state index in [0.29, 0.717) is 13.0 Å². The minimum atomic E-state index is -0.0733. The smallest absolute Gasteiger partial charge is 0.228 e. The van der Waals surface area contributed by atoms with Crippen LogP contribution in [-0.4, -0.2) is 28.2 Å². The number of carbonyl (C=O) groups excluding carboxylic acids is 2. The van der Waals surface area contributed by atoms with E-state index in [1.165, 1.54) is 6.92 Å². The third-order valence-electron chi connectivity index (χ3n) is 4.22. The van der Waals surface area contributed by atoms with E-state index in [1.54, 1.807) is 17.5 Å². The molecule has 0 saturated carbocycles. The quantitative estimate of drug-likeness (QED) is 0.908. The summed E-state index contributed by atoms with van der Waals surface area (Å²) in [6, 6.07) is 8.06. The van der Waals surface area contributed by atoms with Crippen LogP contribution in [0.3, 0.4) is 0 Å². The van der Waals surface area contributed by atoms with Crippen LogP contribution in [-0.2, 0) is 22.6 Å². The van der Waals surface area contributed by atoms with Gasteiger partial charge >= 0.3 is 0 Å². The molecular weight excluding hydrogens is 322 g/mol. The molecule has 0 aliphatic carbocycles. The number of thiophene rings is 1. The summed E-state index contributed by atoms with van der Waals surface area (Å²) in [5.74, 6) is 0.107. The van der Waals surface area contributed by atoms with Gasteiger partial charge in [-0.25, -0.2) is 0 Å². The van der Waals surface area contributed by atoms with Gasteiger partial charge in [-0.15, -0.1) is 11.3 Å². The minimum absolute atomic E-state index is 0.0733. The van der Waals surface area contributed by atoms with Gasteiger partial charge in [-0.3, -0.25) is 14.6 Å². The SMILES string of the molecule is CC(=O)NCc1cc([C@H]2CCCN2C(=O)Cc2cccs2)ccn1. The molecule has 0 bridgehead atoms. The summed E-state index contributed by atoms with van der Waals surface area (Å²) in [4.78, 5) is 31.1. The summed E-state index contributed by atoms with van der Waals surface area (Å²) in [7, 11) is 0. The highest BCUT2D eigenvalue weighted by molar-refractivity contribution is 7.10. The van der Waals surface area contributed by atoms with Crippen LogP contribution in [0.2, 0.25) is 0 Å². The molecule has 0 radical (unpaired) electrons. The van der Waals surface area contributed by atoms with Crippen molar-refractivity contribution in [2.45, 2.75) is 38.8 Å².